The molecule has 1 aliphatic heterocycles. The topological polar surface area (TPSA) is 47.2 Å². The summed E-state index contributed by atoms with van der Waals surface area (Å²) in [6, 6.07) is 17.6. The Labute approximate surface area is 177 Å². The van der Waals surface area contributed by atoms with Crippen LogP contribution in [0, 0.1) is 0 Å². The predicted molar refractivity (Wildman–Crippen MR) is 117 cm³/mol. The van der Waals surface area contributed by atoms with Gasteiger partial charge in [-0.3, -0.25) is 4.79 Å². The van der Waals surface area contributed by atoms with E-state index in [1.807, 2.05) is 18.2 Å². The highest BCUT2D eigenvalue weighted by Gasteiger charge is 2.23. The number of halogens is 1. The number of carbonyl (C=O) groups is 1. The number of nitrogens with one attached hydrogen (secondary N) is 3. The summed E-state index contributed by atoms with van der Waals surface area (Å²) in [6.07, 6.45) is 4.44. The number of amides is 1. The highest BCUT2D eigenvalue weighted by atomic mass is 35.5. The molecule has 0 aromatic heterocycles. The molecule has 0 bridgehead atoms. The van der Waals surface area contributed by atoms with Crippen molar-refractivity contribution in [1.29, 1.82) is 0 Å². The zero-order valence-electron chi connectivity index (χ0n) is 16.7. The van der Waals surface area contributed by atoms with Gasteiger partial charge in [-0.25, -0.2) is 0 Å². The minimum atomic E-state index is 0.0899. The number of hydrogen-bond acceptors (Lipinski definition) is 2. The molecule has 0 saturated carbocycles. The first-order chi connectivity index (χ1) is 14.2. The van der Waals surface area contributed by atoms with Crippen molar-refractivity contribution in [1.82, 2.24) is 5.32 Å². The highest BCUT2D eigenvalue weighted by molar-refractivity contribution is 6.30. The van der Waals surface area contributed by atoms with Gasteiger partial charge in [0.1, 0.15) is 38.5 Å². The third-order valence-corrected chi connectivity index (χ3v) is 5.35. The number of quaternary nitrogens is 2. The average molecular weight is 416 g/mol. The molecule has 1 aliphatic rings. The molecule has 0 unspecified atom stereocenters. The lowest BCUT2D eigenvalue weighted by molar-refractivity contribution is -1.01. The minimum absolute atomic E-state index is 0.0899. The Bertz CT molecular complexity index is 772. The fourth-order valence-electron chi connectivity index (χ4n) is 3.44. The Morgan fingerprint density at radius 2 is 1.69 bits per heavy atom. The van der Waals surface area contributed by atoms with Crippen molar-refractivity contribution < 1.29 is 19.3 Å². The van der Waals surface area contributed by atoms with Crippen LogP contribution in [0.5, 0.6) is 5.75 Å². The van der Waals surface area contributed by atoms with E-state index in [-0.39, 0.29) is 5.91 Å². The van der Waals surface area contributed by atoms with Gasteiger partial charge in [-0.15, -0.1) is 0 Å². The molecule has 0 aliphatic carbocycles. The van der Waals surface area contributed by atoms with Gasteiger partial charge >= 0.3 is 0 Å². The van der Waals surface area contributed by atoms with Crippen LogP contribution < -0.4 is 19.9 Å². The molecule has 29 heavy (non-hydrogen) atoms. The Morgan fingerprint density at radius 1 is 1.00 bits per heavy atom. The lowest BCUT2D eigenvalue weighted by Crippen LogP contribution is -3.28. The van der Waals surface area contributed by atoms with Crippen molar-refractivity contribution in [3.63, 3.8) is 0 Å². The third kappa shape index (κ3) is 7.89. The molecule has 2 aromatic rings. The number of piperazine rings is 1. The monoisotopic (exact) mass is 415 g/mol. The van der Waals surface area contributed by atoms with Gasteiger partial charge in [-0.05, 0) is 35.9 Å². The molecule has 154 valence electrons. The van der Waals surface area contributed by atoms with Crippen LogP contribution in [-0.2, 0) is 4.79 Å². The van der Waals surface area contributed by atoms with Crippen LogP contribution in [0.4, 0.5) is 0 Å². The van der Waals surface area contributed by atoms with E-state index < -0.39 is 0 Å². The van der Waals surface area contributed by atoms with Gasteiger partial charge in [-0.2, -0.15) is 0 Å². The molecule has 3 N–H and O–H groups in total. The van der Waals surface area contributed by atoms with Crippen molar-refractivity contribution >= 4 is 23.6 Å². The van der Waals surface area contributed by atoms with Crippen LogP contribution in [0.3, 0.4) is 0 Å². The molecule has 1 fully saturated rings. The molecule has 0 radical (unpaired) electrons. The van der Waals surface area contributed by atoms with Crippen molar-refractivity contribution in [2.45, 2.75) is 0 Å². The summed E-state index contributed by atoms with van der Waals surface area (Å²) in [5.41, 5.74) is 1.24. The molecule has 0 atom stereocenters. The molecule has 3 rings (SSSR count). The first-order valence-electron chi connectivity index (χ1n) is 10.2. The zero-order chi connectivity index (χ0) is 20.3. The second kappa shape index (κ2) is 11.6. The Kier molecular flexibility index (Phi) is 8.56. The van der Waals surface area contributed by atoms with Gasteiger partial charge in [-0.1, -0.05) is 48.0 Å². The van der Waals surface area contributed by atoms with E-state index in [1.165, 1.54) is 10.5 Å². The molecule has 0 spiro atoms. The maximum absolute atomic E-state index is 12.2. The smallest absolute Gasteiger partial charge is 0.275 e. The second-order valence-corrected chi connectivity index (χ2v) is 7.78. The third-order valence-electron chi connectivity index (χ3n) is 5.10. The zero-order valence-corrected chi connectivity index (χ0v) is 17.5. The lowest BCUT2D eigenvalue weighted by Gasteiger charge is -2.28. The van der Waals surface area contributed by atoms with E-state index in [1.54, 1.807) is 17.0 Å². The van der Waals surface area contributed by atoms with Crippen molar-refractivity contribution in [2.24, 2.45) is 0 Å². The number of hydrogen-bond donors (Lipinski definition) is 3. The van der Waals surface area contributed by atoms with Gasteiger partial charge < -0.3 is 19.9 Å². The predicted octanol–water partition coefficient (Wildman–Crippen LogP) is 0.332. The van der Waals surface area contributed by atoms with E-state index >= 15 is 0 Å². The van der Waals surface area contributed by atoms with Crippen molar-refractivity contribution in [3.8, 4) is 5.75 Å². The summed E-state index contributed by atoms with van der Waals surface area (Å²) >= 11 is 5.85. The summed E-state index contributed by atoms with van der Waals surface area (Å²) in [7, 11) is 0. The minimum Gasteiger partial charge on any atom is -0.492 e. The van der Waals surface area contributed by atoms with Crippen molar-refractivity contribution in [2.75, 3.05) is 52.4 Å². The van der Waals surface area contributed by atoms with E-state index in [0.717, 1.165) is 38.5 Å². The van der Waals surface area contributed by atoms with Gasteiger partial charge in [0.05, 0.1) is 13.1 Å². The van der Waals surface area contributed by atoms with Gasteiger partial charge in [0, 0.05) is 5.02 Å². The quantitative estimate of drug-likeness (QED) is 0.517. The Morgan fingerprint density at radius 3 is 2.41 bits per heavy atom. The summed E-state index contributed by atoms with van der Waals surface area (Å²) in [4.78, 5) is 15.1. The standard InChI is InChI=1S/C23H28ClN3O2/c24-21-8-10-22(11-9-21)29-18-12-25-23(28)19-27-16-14-26(15-17-27)13-4-7-20-5-2-1-3-6-20/h1-11H,12-19H2,(H,25,28)/p+2/b7-4+. The molecule has 1 saturated heterocycles. The maximum atomic E-state index is 12.2. The average Bonchev–Trinajstić information content (AvgIpc) is 2.74. The fraction of sp³-hybridized carbons (Fsp3) is 0.348. The summed E-state index contributed by atoms with van der Waals surface area (Å²) < 4.78 is 5.59. The van der Waals surface area contributed by atoms with E-state index in [4.69, 9.17) is 16.3 Å². The van der Waals surface area contributed by atoms with E-state index in [9.17, 15) is 4.79 Å². The number of benzene rings is 2. The molecule has 1 amide bonds. The molecular weight excluding hydrogens is 386 g/mol. The Balaban J connectivity index is 1.26. The second-order valence-electron chi connectivity index (χ2n) is 7.35. The van der Waals surface area contributed by atoms with Gasteiger partial charge in [0.25, 0.3) is 5.91 Å². The van der Waals surface area contributed by atoms with Gasteiger partial charge in [0.15, 0.2) is 6.54 Å². The van der Waals surface area contributed by atoms with Crippen LogP contribution in [0.1, 0.15) is 5.56 Å². The van der Waals surface area contributed by atoms with Crippen LogP contribution in [0.2, 0.25) is 5.02 Å². The highest BCUT2D eigenvalue weighted by Crippen LogP contribution is 2.15. The van der Waals surface area contributed by atoms with Gasteiger partial charge in [0.2, 0.25) is 0 Å². The Hall–Kier alpha value is -2.34. The lowest BCUT2D eigenvalue weighted by atomic mass is 10.2. The molecule has 2 aromatic carbocycles. The first-order valence-corrected chi connectivity index (χ1v) is 10.6. The van der Waals surface area contributed by atoms with Crippen molar-refractivity contribution in [3.05, 3.63) is 71.3 Å². The van der Waals surface area contributed by atoms with Crippen LogP contribution >= 0.6 is 11.6 Å². The normalized spacial score (nSPS) is 19.2. The summed E-state index contributed by atoms with van der Waals surface area (Å²) in [5.74, 6) is 0.849. The van der Waals surface area contributed by atoms with Crippen LogP contribution in [0.15, 0.2) is 60.7 Å². The van der Waals surface area contributed by atoms with E-state index in [0.29, 0.717) is 24.7 Å². The molecule has 1 heterocycles. The maximum Gasteiger partial charge on any atom is 0.275 e. The summed E-state index contributed by atoms with van der Waals surface area (Å²) in [6.45, 7) is 6.80. The number of carbonyl (C=O) groups excluding carboxylic acids is 1. The fourth-order valence-corrected chi connectivity index (χ4v) is 3.57. The molecule has 6 heteroatoms. The van der Waals surface area contributed by atoms with Crippen LogP contribution in [0.25, 0.3) is 6.08 Å². The SMILES string of the molecule is O=C(C[NH+]1CC[NH+](C/C=C/c2ccccc2)CC1)NCCOc1ccc(Cl)cc1. The molecular formula is C23H30ClN3O2+2. The van der Waals surface area contributed by atoms with E-state index in [2.05, 4.69) is 41.7 Å². The molecule has 5 nitrogen and oxygen atoms in total. The number of rotatable bonds is 9. The first kappa shape index (κ1) is 21.4. The largest absolute Gasteiger partial charge is 0.492 e. The van der Waals surface area contributed by atoms with Crippen LogP contribution in [-0.4, -0.2) is 58.3 Å². The number of ether oxygens (including phenoxy) is 1. The summed E-state index contributed by atoms with van der Waals surface area (Å²) in [5, 5.41) is 3.63.